The normalized spacial score (nSPS) is 10.4. The van der Waals surface area contributed by atoms with E-state index in [1.807, 2.05) is 0 Å². The SMILES string of the molecule is NC(=O)CCNc1cc(C(N)=O)nc(-c2ccc(Oc3ccc(F)cc3)cc2)n1. The fourth-order valence-corrected chi connectivity index (χ4v) is 2.42. The Morgan fingerprint density at radius 2 is 1.59 bits per heavy atom. The standard InChI is InChI=1S/C20H18FN5O3/c21-13-3-7-15(8-4-13)29-14-5-1-12(2-6-14)20-25-16(19(23)28)11-18(26-20)24-10-9-17(22)27/h1-8,11H,9-10H2,(H2,22,27)(H2,23,28)(H,24,25,26). The molecule has 1 aromatic heterocycles. The van der Waals surface area contributed by atoms with E-state index >= 15 is 0 Å². The Labute approximate surface area is 165 Å². The van der Waals surface area contributed by atoms with Gasteiger partial charge >= 0.3 is 0 Å². The molecule has 0 unspecified atom stereocenters. The number of ether oxygens (including phenoxy) is 1. The summed E-state index contributed by atoms with van der Waals surface area (Å²) in [5.41, 5.74) is 11.1. The maximum absolute atomic E-state index is 13.0. The Kier molecular flexibility index (Phi) is 5.98. The maximum Gasteiger partial charge on any atom is 0.267 e. The third-order valence-corrected chi connectivity index (χ3v) is 3.82. The zero-order valence-electron chi connectivity index (χ0n) is 15.3. The van der Waals surface area contributed by atoms with Crippen LogP contribution < -0.4 is 21.5 Å². The van der Waals surface area contributed by atoms with Crippen molar-refractivity contribution in [3.8, 4) is 22.9 Å². The number of amides is 2. The highest BCUT2D eigenvalue weighted by Gasteiger charge is 2.11. The summed E-state index contributed by atoms with van der Waals surface area (Å²) in [6.07, 6.45) is 0.112. The number of carbonyl (C=O) groups is 2. The van der Waals surface area contributed by atoms with E-state index in [0.29, 0.717) is 22.9 Å². The number of rotatable bonds is 8. The minimum Gasteiger partial charge on any atom is -0.457 e. The number of primary amides is 2. The van der Waals surface area contributed by atoms with Gasteiger partial charge in [0, 0.05) is 24.6 Å². The lowest BCUT2D eigenvalue weighted by atomic mass is 10.2. The minimum absolute atomic E-state index is 0.0308. The summed E-state index contributed by atoms with van der Waals surface area (Å²) in [6.45, 7) is 0.258. The molecule has 148 valence electrons. The average Bonchev–Trinajstić information content (AvgIpc) is 2.70. The first-order chi connectivity index (χ1) is 13.9. The van der Waals surface area contributed by atoms with Gasteiger partial charge < -0.3 is 21.5 Å². The van der Waals surface area contributed by atoms with Crippen LogP contribution in [0, 0.1) is 5.82 Å². The fourth-order valence-electron chi connectivity index (χ4n) is 2.42. The van der Waals surface area contributed by atoms with Crippen molar-refractivity contribution in [2.45, 2.75) is 6.42 Å². The molecule has 0 saturated heterocycles. The van der Waals surface area contributed by atoms with Gasteiger partial charge in [-0.3, -0.25) is 9.59 Å². The summed E-state index contributed by atoms with van der Waals surface area (Å²) >= 11 is 0. The predicted octanol–water partition coefficient (Wildman–Crippen LogP) is 2.46. The zero-order chi connectivity index (χ0) is 20.8. The number of benzene rings is 2. The van der Waals surface area contributed by atoms with Gasteiger partial charge in [0.05, 0.1) is 0 Å². The monoisotopic (exact) mass is 395 g/mol. The molecule has 29 heavy (non-hydrogen) atoms. The maximum atomic E-state index is 13.0. The lowest BCUT2D eigenvalue weighted by molar-refractivity contribution is -0.117. The largest absolute Gasteiger partial charge is 0.457 e. The first-order valence-electron chi connectivity index (χ1n) is 8.65. The number of carbonyl (C=O) groups excluding carboxylic acids is 2. The number of nitrogens with one attached hydrogen (secondary N) is 1. The molecular formula is C20H18FN5O3. The van der Waals surface area contributed by atoms with E-state index in [1.165, 1.54) is 30.3 Å². The Bertz CT molecular complexity index is 1020. The molecule has 3 aromatic rings. The van der Waals surface area contributed by atoms with Gasteiger partial charge in [-0.25, -0.2) is 14.4 Å². The fraction of sp³-hybridized carbons (Fsp3) is 0.100. The lowest BCUT2D eigenvalue weighted by Crippen LogP contribution is -2.18. The van der Waals surface area contributed by atoms with Crippen molar-refractivity contribution in [1.29, 1.82) is 0 Å². The summed E-state index contributed by atoms with van der Waals surface area (Å²) in [7, 11) is 0. The number of hydrogen-bond acceptors (Lipinski definition) is 6. The topological polar surface area (TPSA) is 133 Å². The molecule has 2 aromatic carbocycles. The van der Waals surface area contributed by atoms with Crippen LogP contribution in [0.5, 0.6) is 11.5 Å². The van der Waals surface area contributed by atoms with E-state index in [1.54, 1.807) is 24.3 Å². The van der Waals surface area contributed by atoms with Crippen molar-refractivity contribution in [3.63, 3.8) is 0 Å². The average molecular weight is 395 g/mol. The quantitative estimate of drug-likeness (QED) is 0.536. The van der Waals surface area contributed by atoms with Crippen LogP contribution >= 0.6 is 0 Å². The number of nitrogens with zero attached hydrogens (tertiary/aromatic N) is 2. The summed E-state index contributed by atoms with van der Waals surface area (Å²) in [5, 5.41) is 2.91. The van der Waals surface area contributed by atoms with Crippen molar-refractivity contribution in [2.75, 3.05) is 11.9 Å². The van der Waals surface area contributed by atoms with Gasteiger partial charge in [-0.15, -0.1) is 0 Å². The molecule has 0 atom stereocenters. The zero-order valence-corrected chi connectivity index (χ0v) is 15.3. The highest BCUT2D eigenvalue weighted by Crippen LogP contribution is 2.25. The molecular weight excluding hydrogens is 377 g/mol. The Hall–Kier alpha value is -4.01. The minimum atomic E-state index is -0.706. The van der Waals surface area contributed by atoms with Gasteiger partial charge in [-0.1, -0.05) is 0 Å². The molecule has 0 spiro atoms. The molecule has 0 saturated carbocycles. The molecule has 8 nitrogen and oxygen atoms in total. The smallest absolute Gasteiger partial charge is 0.267 e. The molecule has 9 heteroatoms. The van der Waals surface area contributed by atoms with Gasteiger partial charge in [0.25, 0.3) is 5.91 Å². The highest BCUT2D eigenvalue weighted by molar-refractivity contribution is 5.92. The van der Waals surface area contributed by atoms with Crippen LogP contribution in [0.3, 0.4) is 0 Å². The van der Waals surface area contributed by atoms with E-state index in [4.69, 9.17) is 16.2 Å². The molecule has 2 amide bonds. The predicted molar refractivity (Wildman–Crippen MR) is 105 cm³/mol. The molecule has 0 fully saturated rings. The Morgan fingerprint density at radius 1 is 0.966 bits per heavy atom. The van der Waals surface area contributed by atoms with E-state index in [2.05, 4.69) is 15.3 Å². The molecule has 0 aliphatic carbocycles. The van der Waals surface area contributed by atoms with Crippen LogP contribution in [0.15, 0.2) is 54.6 Å². The van der Waals surface area contributed by atoms with Gasteiger partial charge in [-0.2, -0.15) is 0 Å². The number of halogens is 1. The van der Waals surface area contributed by atoms with Crippen molar-refractivity contribution >= 4 is 17.6 Å². The van der Waals surface area contributed by atoms with Gasteiger partial charge in [0.1, 0.15) is 28.8 Å². The third kappa shape index (κ3) is 5.48. The first kappa shape index (κ1) is 19.7. The van der Waals surface area contributed by atoms with Gasteiger partial charge in [0.2, 0.25) is 5.91 Å². The van der Waals surface area contributed by atoms with Gasteiger partial charge in [-0.05, 0) is 48.5 Å². The van der Waals surface area contributed by atoms with E-state index in [9.17, 15) is 14.0 Å². The second kappa shape index (κ2) is 8.79. The Morgan fingerprint density at radius 3 is 2.17 bits per heavy atom. The molecule has 5 N–H and O–H groups in total. The van der Waals surface area contributed by atoms with Crippen LogP contribution in [-0.4, -0.2) is 28.3 Å². The Balaban J connectivity index is 1.80. The summed E-state index contributed by atoms with van der Waals surface area (Å²) in [6, 6.07) is 13.9. The second-order valence-electron chi connectivity index (χ2n) is 6.05. The highest BCUT2D eigenvalue weighted by atomic mass is 19.1. The molecule has 1 heterocycles. The van der Waals surface area contributed by atoms with Crippen molar-refractivity contribution in [2.24, 2.45) is 11.5 Å². The first-order valence-corrected chi connectivity index (χ1v) is 8.65. The van der Waals surface area contributed by atoms with Crippen molar-refractivity contribution in [1.82, 2.24) is 9.97 Å². The van der Waals surface area contributed by atoms with E-state index < -0.39 is 11.8 Å². The molecule has 0 aliphatic heterocycles. The lowest BCUT2D eigenvalue weighted by Gasteiger charge is -2.09. The van der Waals surface area contributed by atoms with Crippen molar-refractivity contribution in [3.05, 3.63) is 66.1 Å². The number of hydrogen-bond donors (Lipinski definition) is 3. The van der Waals surface area contributed by atoms with Crippen LogP contribution in [-0.2, 0) is 4.79 Å². The van der Waals surface area contributed by atoms with E-state index in [-0.39, 0.29) is 30.3 Å². The van der Waals surface area contributed by atoms with Gasteiger partial charge in [0.15, 0.2) is 5.82 Å². The van der Waals surface area contributed by atoms with Crippen LogP contribution in [0.25, 0.3) is 11.4 Å². The van der Waals surface area contributed by atoms with Crippen LogP contribution in [0.4, 0.5) is 10.2 Å². The second-order valence-corrected chi connectivity index (χ2v) is 6.05. The number of nitrogens with two attached hydrogens (primary N) is 2. The van der Waals surface area contributed by atoms with Crippen LogP contribution in [0.1, 0.15) is 16.9 Å². The van der Waals surface area contributed by atoms with Crippen LogP contribution in [0.2, 0.25) is 0 Å². The molecule has 0 aliphatic rings. The summed E-state index contributed by atoms with van der Waals surface area (Å²) in [5.74, 6) is 0.132. The molecule has 3 rings (SSSR count). The molecule has 0 radical (unpaired) electrons. The van der Waals surface area contributed by atoms with E-state index in [0.717, 1.165) is 0 Å². The third-order valence-electron chi connectivity index (χ3n) is 3.82. The molecule has 0 bridgehead atoms. The number of anilines is 1. The summed E-state index contributed by atoms with van der Waals surface area (Å²) < 4.78 is 18.6. The summed E-state index contributed by atoms with van der Waals surface area (Å²) in [4.78, 5) is 31.0. The number of aromatic nitrogens is 2. The van der Waals surface area contributed by atoms with Crippen molar-refractivity contribution < 1.29 is 18.7 Å².